The normalized spacial score (nSPS) is 24.1. The zero-order valence-corrected chi connectivity index (χ0v) is 10.5. The van der Waals surface area contributed by atoms with E-state index in [0.717, 1.165) is 25.7 Å². The molecule has 0 spiro atoms. The van der Waals surface area contributed by atoms with Gasteiger partial charge in [-0.05, 0) is 48.6 Å². The van der Waals surface area contributed by atoms with Gasteiger partial charge < -0.3 is 10.4 Å². The van der Waals surface area contributed by atoms with Crippen molar-refractivity contribution >= 4 is 16.5 Å². The molecule has 2 heteroatoms. The molecule has 0 saturated heterocycles. The van der Waals surface area contributed by atoms with Gasteiger partial charge in [-0.25, -0.2) is 0 Å². The number of benzene rings is 2. The number of anilines is 1. The zero-order chi connectivity index (χ0) is 12.4. The van der Waals surface area contributed by atoms with Gasteiger partial charge in [-0.3, -0.25) is 0 Å². The number of hydrogen-bond donors (Lipinski definition) is 2. The summed E-state index contributed by atoms with van der Waals surface area (Å²) >= 11 is 0. The summed E-state index contributed by atoms with van der Waals surface area (Å²) in [5.74, 6) is 0. The minimum absolute atomic E-state index is 0.0837. The first-order chi connectivity index (χ1) is 8.81. The Kier molecular flexibility index (Phi) is 3.20. The zero-order valence-electron chi connectivity index (χ0n) is 10.5. The van der Waals surface area contributed by atoms with Gasteiger partial charge in [0.25, 0.3) is 0 Å². The fourth-order valence-electron chi connectivity index (χ4n) is 2.73. The molecule has 2 nitrogen and oxygen atoms in total. The number of fused-ring (bicyclic) bond motifs is 1. The predicted molar refractivity (Wildman–Crippen MR) is 75.8 cm³/mol. The maximum atomic E-state index is 9.51. The minimum Gasteiger partial charge on any atom is -0.393 e. The Morgan fingerprint density at radius 1 is 0.889 bits per heavy atom. The summed E-state index contributed by atoms with van der Waals surface area (Å²) in [6, 6.07) is 15.4. The lowest BCUT2D eigenvalue weighted by molar-refractivity contribution is 0.126. The Morgan fingerprint density at radius 3 is 2.39 bits per heavy atom. The molecule has 0 aromatic heterocycles. The predicted octanol–water partition coefficient (Wildman–Crippen LogP) is 3.56. The van der Waals surface area contributed by atoms with Crippen LogP contribution in [0.25, 0.3) is 10.8 Å². The molecule has 94 valence electrons. The summed E-state index contributed by atoms with van der Waals surface area (Å²) in [6.45, 7) is 0. The van der Waals surface area contributed by atoms with Gasteiger partial charge in [-0.1, -0.05) is 30.3 Å². The van der Waals surface area contributed by atoms with Gasteiger partial charge in [0.2, 0.25) is 0 Å². The summed E-state index contributed by atoms with van der Waals surface area (Å²) in [5, 5.41) is 15.6. The van der Waals surface area contributed by atoms with Crippen LogP contribution in [-0.2, 0) is 0 Å². The van der Waals surface area contributed by atoms with Crippen molar-refractivity contribution in [2.45, 2.75) is 37.8 Å². The molecule has 1 saturated carbocycles. The summed E-state index contributed by atoms with van der Waals surface area (Å²) in [4.78, 5) is 0. The van der Waals surface area contributed by atoms with Gasteiger partial charge >= 0.3 is 0 Å². The summed E-state index contributed by atoms with van der Waals surface area (Å²) < 4.78 is 0. The van der Waals surface area contributed by atoms with E-state index in [1.807, 2.05) is 0 Å². The van der Waals surface area contributed by atoms with Crippen LogP contribution in [0.2, 0.25) is 0 Å². The largest absolute Gasteiger partial charge is 0.393 e. The molecular formula is C16H19NO. The first-order valence-corrected chi connectivity index (χ1v) is 6.75. The molecule has 0 aliphatic heterocycles. The minimum atomic E-state index is -0.0837. The molecule has 0 amide bonds. The molecular weight excluding hydrogens is 222 g/mol. The van der Waals surface area contributed by atoms with E-state index < -0.39 is 0 Å². The number of nitrogens with one attached hydrogen (secondary N) is 1. The maximum Gasteiger partial charge on any atom is 0.0541 e. The van der Waals surface area contributed by atoms with E-state index in [2.05, 4.69) is 47.8 Å². The van der Waals surface area contributed by atoms with Gasteiger partial charge in [0, 0.05) is 11.7 Å². The van der Waals surface area contributed by atoms with Crippen LogP contribution in [0.15, 0.2) is 42.5 Å². The summed E-state index contributed by atoms with van der Waals surface area (Å²) in [6.07, 6.45) is 3.89. The first-order valence-electron chi connectivity index (χ1n) is 6.75. The average Bonchev–Trinajstić information content (AvgIpc) is 2.41. The number of rotatable bonds is 2. The van der Waals surface area contributed by atoms with Crippen molar-refractivity contribution in [1.29, 1.82) is 0 Å². The van der Waals surface area contributed by atoms with Crippen molar-refractivity contribution < 1.29 is 5.11 Å². The third-order valence-electron chi connectivity index (χ3n) is 3.82. The third-order valence-corrected chi connectivity index (χ3v) is 3.82. The molecule has 0 bridgehead atoms. The molecule has 1 fully saturated rings. The van der Waals surface area contributed by atoms with Gasteiger partial charge in [0.1, 0.15) is 0 Å². The van der Waals surface area contributed by atoms with Crippen LogP contribution in [-0.4, -0.2) is 17.3 Å². The number of hydrogen-bond acceptors (Lipinski definition) is 2. The quantitative estimate of drug-likeness (QED) is 0.842. The monoisotopic (exact) mass is 241 g/mol. The maximum absolute atomic E-state index is 9.51. The lowest BCUT2D eigenvalue weighted by Gasteiger charge is -2.27. The van der Waals surface area contributed by atoms with Crippen molar-refractivity contribution in [2.75, 3.05) is 5.32 Å². The average molecular weight is 241 g/mol. The van der Waals surface area contributed by atoms with E-state index in [0.29, 0.717) is 6.04 Å². The molecule has 2 N–H and O–H groups in total. The molecule has 1 aliphatic rings. The van der Waals surface area contributed by atoms with Crippen molar-refractivity contribution in [3.05, 3.63) is 42.5 Å². The molecule has 2 aromatic carbocycles. The summed E-state index contributed by atoms with van der Waals surface area (Å²) in [5.41, 5.74) is 1.19. The lowest BCUT2D eigenvalue weighted by atomic mass is 9.93. The van der Waals surface area contributed by atoms with Crippen LogP contribution >= 0.6 is 0 Å². The Balaban J connectivity index is 1.74. The fourth-order valence-corrected chi connectivity index (χ4v) is 2.73. The smallest absolute Gasteiger partial charge is 0.0541 e. The Morgan fingerprint density at radius 2 is 1.61 bits per heavy atom. The van der Waals surface area contributed by atoms with Crippen molar-refractivity contribution in [3.63, 3.8) is 0 Å². The molecule has 0 radical (unpaired) electrons. The van der Waals surface area contributed by atoms with Gasteiger partial charge in [0.15, 0.2) is 0 Å². The highest BCUT2D eigenvalue weighted by Crippen LogP contribution is 2.24. The Hall–Kier alpha value is -1.54. The molecule has 0 unspecified atom stereocenters. The lowest BCUT2D eigenvalue weighted by Crippen LogP contribution is -2.28. The number of aliphatic hydroxyl groups excluding tert-OH is 1. The van der Waals surface area contributed by atoms with Crippen LogP contribution < -0.4 is 5.32 Å². The topological polar surface area (TPSA) is 32.3 Å². The third kappa shape index (κ3) is 2.49. The van der Waals surface area contributed by atoms with Crippen LogP contribution in [0.1, 0.15) is 25.7 Å². The summed E-state index contributed by atoms with van der Waals surface area (Å²) in [7, 11) is 0. The second kappa shape index (κ2) is 4.99. The van der Waals surface area contributed by atoms with E-state index in [-0.39, 0.29) is 6.10 Å². The van der Waals surface area contributed by atoms with Crippen molar-refractivity contribution in [1.82, 2.24) is 0 Å². The van der Waals surface area contributed by atoms with Crippen LogP contribution in [0.5, 0.6) is 0 Å². The standard InChI is InChI=1S/C16H19NO/c18-16-9-7-14(8-10-16)17-15-6-5-12-3-1-2-4-13(12)11-15/h1-6,11,14,16-18H,7-10H2. The molecule has 3 rings (SSSR count). The van der Waals surface area contributed by atoms with Crippen molar-refractivity contribution in [2.24, 2.45) is 0 Å². The van der Waals surface area contributed by atoms with Crippen LogP contribution in [0, 0.1) is 0 Å². The van der Waals surface area contributed by atoms with Crippen LogP contribution in [0.4, 0.5) is 5.69 Å². The second-order valence-corrected chi connectivity index (χ2v) is 5.21. The highest BCUT2D eigenvalue weighted by Gasteiger charge is 2.18. The van der Waals surface area contributed by atoms with E-state index >= 15 is 0 Å². The van der Waals surface area contributed by atoms with E-state index in [9.17, 15) is 5.11 Å². The number of aliphatic hydroxyl groups is 1. The molecule has 0 heterocycles. The molecule has 2 aromatic rings. The highest BCUT2D eigenvalue weighted by atomic mass is 16.3. The van der Waals surface area contributed by atoms with Crippen molar-refractivity contribution in [3.8, 4) is 0 Å². The van der Waals surface area contributed by atoms with Crippen LogP contribution in [0.3, 0.4) is 0 Å². The Labute approximate surface area is 108 Å². The SMILES string of the molecule is OC1CCC(Nc2ccc3ccccc3c2)CC1. The molecule has 0 atom stereocenters. The Bertz CT molecular complexity index is 529. The molecule has 18 heavy (non-hydrogen) atoms. The van der Waals surface area contributed by atoms with E-state index in [1.165, 1.54) is 16.5 Å². The van der Waals surface area contributed by atoms with E-state index in [4.69, 9.17) is 0 Å². The highest BCUT2D eigenvalue weighted by molar-refractivity contribution is 5.85. The second-order valence-electron chi connectivity index (χ2n) is 5.21. The van der Waals surface area contributed by atoms with Gasteiger partial charge in [-0.2, -0.15) is 0 Å². The molecule has 1 aliphatic carbocycles. The van der Waals surface area contributed by atoms with Gasteiger partial charge in [0.05, 0.1) is 6.10 Å². The van der Waals surface area contributed by atoms with Gasteiger partial charge in [-0.15, -0.1) is 0 Å². The van der Waals surface area contributed by atoms with E-state index in [1.54, 1.807) is 0 Å². The first kappa shape index (κ1) is 11.5. The fraction of sp³-hybridized carbons (Fsp3) is 0.375.